The second-order valence-electron chi connectivity index (χ2n) is 5.99. The van der Waals surface area contributed by atoms with Crippen LogP contribution in [0, 0.1) is 5.82 Å². The summed E-state index contributed by atoms with van der Waals surface area (Å²) in [6.07, 6.45) is 3.34. The summed E-state index contributed by atoms with van der Waals surface area (Å²) in [7, 11) is 1.72. The maximum absolute atomic E-state index is 14.1. The number of anilines is 1. The molecule has 9 heteroatoms. The number of nitrogens with one attached hydrogen (secondary N) is 2. The van der Waals surface area contributed by atoms with Gasteiger partial charge >= 0.3 is 0 Å². The van der Waals surface area contributed by atoms with E-state index in [1.165, 1.54) is 18.2 Å². The Morgan fingerprint density at radius 2 is 2.00 bits per heavy atom. The van der Waals surface area contributed by atoms with Gasteiger partial charge in [0, 0.05) is 31.1 Å². The lowest BCUT2D eigenvalue weighted by atomic mass is 10.1. The Morgan fingerprint density at radius 1 is 1.21 bits per heavy atom. The van der Waals surface area contributed by atoms with Crippen molar-refractivity contribution in [2.75, 3.05) is 5.32 Å². The number of halogens is 2. The monoisotopic (exact) mass is 396 g/mol. The molecule has 0 saturated heterocycles. The topological polar surface area (TPSA) is 88.5 Å². The van der Waals surface area contributed by atoms with Gasteiger partial charge in [-0.15, -0.1) is 0 Å². The largest absolute Gasteiger partial charge is 0.305 e. The Bertz CT molecular complexity index is 1130. The third-order valence-corrected chi connectivity index (χ3v) is 4.46. The van der Waals surface area contributed by atoms with E-state index in [9.17, 15) is 9.18 Å². The number of benzene rings is 1. The van der Waals surface area contributed by atoms with Gasteiger partial charge in [0.15, 0.2) is 5.69 Å². The molecule has 1 aromatic carbocycles. The molecule has 0 aliphatic rings. The van der Waals surface area contributed by atoms with Crippen LogP contribution in [0.4, 0.5) is 10.2 Å². The third-order valence-electron chi connectivity index (χ3n) is 4.14. The van der Waals surface area contributed by atoms with E-state index in [1.54, 1.807) is 36.3 Å². The second-order valence-corrected chi connectivity index (χ2v) is 6.40. The first-order chi connectivity index (χ1) is 13.5. The van der Waals surface area contributed by atoms with Gasteiger partial charge in [0.25, 0.3) is 5.91 Å². The standard InChI is InChI=1S/C19H14ClFN6O/c1-27-17(10-14(26-27)11-5-7-22-8-6-11)23-19(28)16-9-15(24-25-16)18-12(20)3-2-4-13(18)21/h2-10H,1H3,(H,23,28)(H,24,25). The third kappa shape index (κ3) is 3.37. The maximum Gasteiger partial charge on any atom is 0.277 e. The van der Waals surface area contributed by atoms with Crippen LogP contribution in [-0.4, -0.2) is 30.9 Å². The molecule has 0 unspecified atom stereocenters. The Kier molecular flexibility index (Phi) is 4.62. The number of hydrogen-bond donors (Lipinski definition) is 2. The lowest BCUT2D eigenvalue weighted by molar-refractivity contribution is 0.102. The van der Waals surface area contributed by atoms with Crippen molar-refractivity contribution in [3.05, 3.63) is 71.4 Å². The first-order valence-electron chi connectivity index (χ1n) is 8.28. The molecule has 0 atom stereocenters. The zero-order valence-corrected chi connectivity index (χ0v) is 15.4. The zero-order chi connectivity index (χ0) is 19.7. The lowest BCUT2D eigenvalue weighted by Crippen LogP contribution is -2.14. The summed E-state index contributed by atoms with van der Waals surface area (Å²) < 4.78 is 15.6. The molecule has 0 aliphatic heterocycles. The van der Waals surface area contributed by atoms with Crippen molar-refractivity contribution in [1.29, 1.82) is 0 Å². The first kappa shape index (κ1) is 17.9. The minimum absolute atomic E-state index is 0.0981. The molecule has 28 heavy (non-hydrogen) atoms. The van der Waals surface area contributed by atoms with E-state index in [0.29, 0.717) is 17.2 Å². The van der Waals surface area contributed by atoms with Gasteiger partial charge in [-0.25, -0.2) is 4.39 Å². The summed E-state index contributed by atoms with van der Waals surface area (Å²) in [4.78, 5) is 16.5. The highest BCUT2D eigenvalue weighted by molar-refractivity contribution is 6.33. The molecule has 0 saturated carbocycles. The van der Waals surface area contributed by atoms with Crippen LogP contribution < -0.4 is 5.32 Å². The number of nitrogens with zero attached hydrogens (tertiary/aromatic N) is 4. The molecular formula is C19H14ClFN6O. The van der Waals surface area contributed by atoms with Crippen LogP contribution >= 0.6 is 11.6 Å². The van der Waals surface area contributed by atoms with Crippen LogP contribution in [-0.2, 0) is 7.05 Å². The van der Waals surface area contributed by atoms with E-state index in [1.807, 2.05) is 12.1 Å². The van der Waals surface area contributed by atoms with Crippen molar-refractivity contribution in [2.24, 2.45) is 7.05 Å². The molecule has 0 fully saturated rings. The molecule has 4 rings (SSSR count). The van der Waals surface area contributed by atoms with Gasteiger partial charge in [-0.05, 0) is 30.3 Å². The lowest BCUT2D eigenvalue weighted by Gasteiger charge is -2.02. The molecule has 7 nitrogen and oxygen atoms in total. The molecule has 2 N–H and O–H groups in total. The molecule has 0 bridgehead atoms. The average Bonchev–Trinajstić information content (AvgIpc) is 3.30. The predicted octanol–water partition coefficient (Wildman–Crippen LogP) is 3.92. The van der Waals surface area contributed by atoms with Gasteiger partial charge in [-0.1, -0.05) is 17.7 Å². The normalized spacial score (nSPS) is 10.8. The molecule has 0 spiro atoms. The Morgan fingerprint density at radius 3 is 2.75 bits per heavy atom. The van der Waals surface area contributed by atoms with E-state index >= 15 is 0 Å². The molecule has 3 aromatic heterocycles. The predicted molar refractivity (Wildman–Crippen MR) is 103 cm³/mol. The van der Waals surface area contributed by atoms with Crippen LogP contribution in [0.25, 0.3) is 22.5 Å². The van der Waals surface area contributed by atoms with Crippen molar-refractivity contribution in [1.82, 2.24) is 25.0 Å². The average molecular weight is 397 g/mol. The quantitative estimate of drug-likeness (QED) is 0.547. The van der Waals surface area contributed by atoms with Gasteiger partial charge in [-0.3, -0.25) is 19.6 Å². The van der Waals surface area contributed by atoms with Crippen molar-refractivity contribution in [3.63, 3.8) is 0 Å². The Balaban J connectivity index is 1.57. The van der Waals surface area contributed by atoms with Crippen molar-refractivity contribution >= 4 is 23.3 Å². The van der Waals surface area contributed by atoms with E-state index in [4.69, 9.17) is 11.6 Å². The number of aromatic amines is 1. The van der Waals surface area contributed by atoms with Gasteiger partial charge in [0.05, 0.1) is 22.0 Å². The minimum atomic E-state index is -0.503. The highest BCUT2D eigenvalue weighted by Gasteiger charge is 2.17. The number of pyridine rings is 1. The van der Waals surface area contributed by atoms with Gasteiger partial charge in [0.1, 0.15) is 11.6 Å². The number of H-pyrrole nitrogens is 1. The van der Waals surface area contributed by atoms with E-state index in [-0.39, 0.29) is 16.3 Å². The zero-order valence-electron chi connectivity index (χ0n) is 14.6. The van der Waals surface area contributed by atoms with Crippen LogP contribution in [0.5, 0.6) is 0 Å². The molecular weight excluding hydrogens is 383 g/mol. The Labute approximate surface area is 164 Å². The van der Waals surface area contributed by atoms with Crippen LogP contribution in [0.15, 0.2) is 54.9 Å². The van der Waals surface area contributed by atoms with E-state index in [2.05, 4.69) is 25.6 Å². The number of aromatic nitrogens is 5. The van der Waals surface area contributed by atoms with E-state index in [0.717, 1.165) is 5.56 Å². The number of carbonyl (C=O) groups excluding carboxylic acids is 1. The summed E-state index contributed by atoms with van der Waals surface area (Å²) in [5.74, 6) is -0.471. The van der Waals surface area contributed by atoms with Crippen LogP contribution in [0.2, 0.25) is 5.02 Å². The maximum atomic E-state index is 14.1. The van der Waals surface area contributed by atoms with Crippen molar-refractivity contribution in [3.8, 4) is 22.5 Å². The summed E-state index contributed by atoms with van der Waals surface area (Å²) in [5.41, 5.74) is 2.15. The smallest absolute Gasteiger partial charge is 0.277 e. The van der Waals surface area contributed by atoms with Crippen LogP contribution in [0.1, 0.15) is 10.5 Å². The number of aryl methyl sites for hydroxylation is 1. The van der Waals surface area contributed by atoms with Crippen molar-refractivity contribution in [2.45, 2.75) is 0 Å². The SMILES string of the molecule is Cn1nc(-c2ccncc2)cc1NC(=O)c1cc(-c2c(F)cccc2Cl)[nH]n1. The number of amides is 1. The fourth-order valence-corrected chi connectivity index (χ4v) is 3.01. The van der Waals surface area contributed by atoms with Crippen molar-refractivity contribution < 1.29 is 9.18 Å². The number of rotatable bonds is 4. The van der Waals surface area contributed by atoms with Crippen LogP contribution in [0.3, 0.4) is 0 Å². The number of carbonyl (C=O) groups is 1. The summed E-state index contributed by atoms with van der Waals surface area (Å²) in [5, 5.41) is 14.0. The minimum Gasteiger partial charge on any atom is -0.305 e. The van der Waals surface area contributed by atoms with Gasteiger partial charge < -0.3 is 5.32 Å². The first-order valence-corrected chi connectivity index (χ1v) is 8.66. The molecule has 4 aromatic rings. The van der Waals surface area contributed by atoms with Gasteiger partial charge in [-0.2, -0.15) is 10.2 Å². The number of hydrogen-bond acceptors (Lipinski definition) is 4. The molecule has 1 amide bonds. The Hall–Kier alpha value is -3.52. The molecule has 0 radical (unpaired) electrons. The summed E-state index contributed by atoms with van der Waals surface area (Å²) >= 11 is 6.06. The fraction of sp³-hybridized carbons (Fsp3) is 0.0526. The molecule has 3 heterocycles. The fourth-order valence-electron chi connectivity index (χ4n) is 2.75. The second kappa shape index (κ2) is 7.24. The molecule has 0 aliphatic carbocycles. The highest BCUT2D eigenvalue weighted by Crippen LogP contribution is 2.29. The van der Waals surface area contributed by atoms with E-state index < -0.39 is 11.7 Å². The highest BCUT2D eigenvalue weighted by atomic mass is 35.5. The molecule has 140 valence electrons. The van der Waals surface area contributed by atoms with Gasteiger partial charge in [0.2, 0.25) is 0 Å². The summed E-state index contributed by atoms with van der Waals surface area (Å²) in [6, 6.07) is 11.2. The summed E-state index contributed by atoms with van der Waals surface area (Å²) in [6.45, 7) is 0.